The summed E-state index contributed by atoms with van der Waals surface area (Å²) in [6.45, 7) is 7.52. The standard InChI is InChI=1S/C92H123F2N17O20S/c1-9-10-25-73(91(130)111-48-61(115)43-75(111)87(126)104-70(44-79(118)119)85(124)106-80(53(4)5)92(131)108(7)74(40-54-19-13-11-14-20-54)86(125)101-66(32-34-95)89(128)110-35-33-60(114)47-110)107(6)90(129)76(41-55-21-15-12-16-22-55)109(8)88(127)71(39-57-28-31-63(93)64(94)37-57)100-78(117)50-132-49-72(81(120)98-46-77(96)116)105-83(122)68(36-52(2)3)102-84(123)69(38-56-26-29-59(113)30-27-56)103-82(121)67(99-51-112)42-58-45-97-65-24-18-17-23-62(58)65/h11-24,26-31,37,45,51-53,60-61,66-76,80,87,97,104,113-115,126H,9-10,25,32-36,38-44,46-50,95H2,1-8H3,(H2,96,116)(H,98,120)(H,99,112)(H,100,117)(H,101,125)(H,102,123)(H,103,121)(H,105,122)(H,106,124)(H,118,119)/t60-,61-,66+,67+,68+,69+,70+,71+,72+,73+,74?,75-,76?,80+,87?/m1/s1. The van der Waals surface area contributed by atoms with Crippen LogP contribution in [-0.2, 0) is 104 Å². The molecule has 1 aromatic heterocycles. The fraction of sp³-hybridized carbons (Fsp3) is 0.489. The van der Waals surface area contributed by atoms with E-state index in [0.29, 0.717) is 41.5 Å². The number of likely N-dealkylation sites (N-methyl/N-ethyl adjacent to an activating group) is 3. The fourth-order valence-electron chi connectivity index (χ4n) is 16.0. The van der Waals surface area contributed by atoms with E-state index in [2.05, 4.69) is 52.8 Å². The molecule has 2 fully saturated rings. The number of para-hydroxylation sites is 1. The van der Waals surface area contributed by atoms with Crippen LogP contribution in [0.3, 0.4) is 0 Å². The van der Waals surface area contributed by atoms with Crippen molar-refractivity contribution in [2.24, 2.45) is 23.3 Å². The molecule has 40 heteroatoms. The van der Waals surface area contributed by atoms with E-state index in [4.69, 9.17) is 11.5 Å². The monoisotopic (exact) mass is 1860 g/mol. The number of halogens is 2. The lowest BCUT2D eigenvalue weighted by Gasteiger charge is -2.39. The van der Waals surface area contributed by atoms with Gasteiger partial charge in [-0.05, 0) is 109 Å². The number of aliphatic hydroxyl groups is 3. The van der Waals surface area contributed by atoms with Gasteiger partial charge in [0.1, 0.15) is 72.4 Å². The van der Waals surface area contributed by atoms with Gasteiger partial charge in [0.25, 0.3) is 0 Å². The Bertz CT molecular complexity index is 4970. The topological polar surface area (TPSA) is 549 Å². The maximum absolute atomic E-state index is 15.7. The van der Waals surface area contributed by atoms with Crippen LogP contribution < -0.4 is 59.3 Å². The molecule has 0 spiro atoms. The van der Waals surface area contributed by atoms with Crippen molar-refractivity contribution >= 4 is 112 Å². The average molecular weight is 1860 g/mol. The number of amides is 14. The van der Waals surface area contributed by atoms with Crippen LogP contribution in [0.5, 0.6) is 5.75 Å². The van der Waals surface area contributed by atoms with Gasteiger partial charge in [-0.15, -0.1) is 11.8 Å². The van der Waals surface area contributed by atoms with Crippen molar-refractivity contribution in [1.82, 2.24) is 77.3 Å². The van der Waals surface area contributed by atoms with E-state index in [0.717, 1.165) is 60.5 Å². The lowest BCUT2D eigenvalue weighted by Crippen LogP contribution is -2.62. The minimum Gasteiger partial charge on any atom is -0.508 e. The van der Waals surface area contributed by atoms with Crippen LogP contribution in [0.4, 0.5) is 8.78 Å². The summed E-state index contributed by atoms with van der Waals surface area (Å²) >= 11 is 0.733. The molecular formula is C92H123F2N17O20S. The number of H-pyrrole nitrogens is 1. The average Bonchev–Trinajstić information content (AvgIpc) is 1.54. The molecule has 0 saturated carbocycles. The number of nitrogens with zero attached hydrogens (tertiary/aromatic N) is 5. The van der Waals surface area contributed by atoms with E-state index in [9.17, 15) is 87.5 Å². The number of unbranched alkanes of at least 4 members (excludes halogenated alkanes) is 1. The molecule has 8 rings (SSSR count). The number of phenols is 1. The summed E-state index contributed by atoms with van der Waals surface area (Å²) < 4.78 is 29.8. The first kappa shape index (κ1) is 105. The number of fused-ring (bicyclic) bond motifs is 1. The number of carboxylic acid groups (broad SMARTS) is 1. The second-order valence-corrected chi connectivity index (χ2v) is 35.1. The molecule has 2 aliphatic heterocycles. The highest BCUT2D eigenvalue weighted by Crippen LogP contribution is 2.28. The predicted molar refractivity (Wildman–Crippen MR) is 484 cm³/mol. The summed E-state index contributed by atoms with van der Waals surface area (Å²) in [5.41, 5.74) is 14.3. The van der Waals surface area contributed by atoms with E-state index in [1.165, 1.54) is 50.3 Å². The Hall–Kier alpha value is -12.5. The first-order valence-electron chi connectivity index (χ1n) is 43.9. The Kier molecular flexibility index (Phi) is 40.3. The lowest BCUT2D eigenvalue weighted by atomic mass is 9.98. The van der Waals surface area contributed by atoms with Crippen LogP contribution in [0.25, 0.3) is 10.9 Å². The van der Waals surface area contributed by atoms with E-state index in [1.807, 2.05) is 18.2 Å². The number of nitrogens with two attached hydrogens (primary N) is 2. The SMILES string of the molecule is CCCC[C@@H](C(=O)N1C[C@H](O)C[C@@H]1C(O)N[C@@H](CC(=O)O)C(=O)N[C@H](C(=O)N(C)C(Cc1ccccc1)C(=O)N[C@@H](CCN)C(=O)N1CC[C@@H](O)C1)C(C)C)N(C)C(=O)C(Cc1ccccc1)N(C)C(=O)[C@H](Cc1ccc(F)c(F)c1)NC(=O)CSC[C@H](NC(=O)[C@H](CC(C)C)NC(=O)[C@H](Cc1ccc(O)cc1)NC(=O)[C@H](Cc1c[nH]c2ccccc12)NC=O)C(=O)NCC(N)=O. The van der Waals surface area contributed by atoms with Crippen LogP contribution in [0.1, 0.15) is 114 Å². The number of hydrogen-bond acceptors (Lipinski definition) is 22. The predicted octanol–water partition coefficient (Wildman–Crippen LogP) is 0.0515. The summed E-state index contributed by atoms with van der Waals surface area (Å²) in [6.07, 6.45) is -3.65. The maximum atomic E-state index is 15.7. The number of β-amino-alcohol motifs (C(OH)–C–C–N with tert-alkyl or cyclic N) is 2. The first-order valence-corrected chi connectivity index (χ1v) is 45.1. The second-order valence-electron chi connectivity index (χ2n) is 34.1. The number of carbonyl (C=O) groups excluding carboxylic acids is 14. The quantitative estimate of drug-likeness (QED) is 0.0177. The van der Waals surface area contributed by atoms with Gasteiger partial charge >= 0.3 is 5.97 Å². The summed E-state index contributed by atoms with van der Waals surface area (Å²) in [7, 11) is 3.86. The van der Waals surface area contributed by atoms with Gasteiger partial charge in [-0.2, -0.15) is 0 Å². The van der Waals surface area contributed by atoms with Crippen molar-refractivity contribution in [3.63, 3.8) is 0 Å². The number of aliphatic hydroxyl groups excluding tert-OH is 3. The number of benzene rings is 5. The molecule has 3 unspecified atom stereocenters. The molecule has 0 aliphatic carbocycles. The summed E-state index contributed by atoms with van der Waals surface area (Å²) in [5.74, 6) is -17.7. The van der Waals surface area contributed by atoms with Crippen LogP contribution >= 0.6 is 11.8 Å². The van der Waals surface area contributed by atoms with Crippen LogP contribution in [0, 0.1) is 23.5 Å². The Balaban J connectivity index is 1.00. The molecule has 0 radical (unpaired) electrons. The number of primary amides is 1. The van der Waals surface area contributed by atoms with Gasteiger partial charge < -0.3 is 109 Å². The smallest absolute Gasteiger partial charge is 0.305 e. The van der Waals surface area contributed by atoms with E-state index >= 15 is 18.8 Å². The third-order valence-electron chi connectivity index (χ3n) is 23.2. The summed E-state index contributed by atoms with van der Waals surface area (Å²) in [5, 5.41) is 78.5. The van der Waals surface area contributed by atoms with Crippen LogP contribution in [0.15, 0.2) is 134 Å². The highest BCUT2D eigenvalue weighted by atomic mass is 32.2. The number of likely N-dealkylation sites (tertiary alicyclic amines) is 2. The number of nitrogens with one attached hydrogen (secondary N) is 10. The van der Waals surface area contributed by atoms with Crippen molar-refractivity contribution in [3.05, 3.63) is 173 Å². The van der Waals surface area contributed by atoms with Gasteiger partial charge in [0.15, 0.2) is 11.6 Å². The Morgan fingerprint density at radius 2 is 1.17 bits per heavy atom. The van der Waals surface area contributed by atoms with E-state index < -0.39 is 229 Å². The number of aromatic nitrogens is 1. The number of aliphatic carboxylic acids is 1. The summed E-state index contributed by atoms with van der Waals surface area (Å²) in [4.78, 5) is 222. The van der Waals surface area contributed by atoms with Crippen LogP contribution in [-0.4, -0.2) is 300 Å². The molecule has 15 atom stereocenters. The van der Waals surface area contributed by atoms with Gasteiger partial charge in [-0.25, -0.2) is 8.78 Å². The number of thioether (sulfide) groups is 1. The maximum Gasteiger partial charge on any atom is 0.305 e. The Morgan fingerprint density at radius 3 is 1.77 bits per heavy atom. The molecule has 37 nitrogen and oxygen atoms in total. The van der Waals surface area contributed by atoms with Gasteiger partial charge in [0.05, 0.1) is 43.0 Å². The molecular weight excluding hydrogens is 1730 g/mol. The molecule has 5 aromatic carbocycles. The number of aromatic hydroxyl groups is 1. The molecule has 2 saturated heterocycles. The van der Waals surface area contributed by atoms with Gasteiger partial charge in [-0.3, -0.25) is 77.2 Å². The third-order valence-corrected chi connectivity index (χ3v) is 24.2. The van der Waals surface area contributed by atoms with Crippen molar-refractivity contribution in [1.29, 1.82) is 0 Å². The van der Waals surface area contributed by atoms with Crippen molar-refractivity contribution in [3.8, 4) is 5.75 Å². The van der Waals surface area contributed by atoms with Crippen molar-refractivity contribution in [2.45, 2.75) is 209 Å². The zero-order chi connectivity index (χ0) is 96.7. The largest absolute Gasteiger partial charge is 0.508 e. The highest BCUT2D eigenvalue weighted by Gasteiger charge is 2.47. The number of aromatic amines is 1. The molecule has 14 amide bonds. The van der Waals surface area contributed by atoms with E-state index in [-0.39, 0.29) is 94.7 Å². The zero-order valence-electron chi connectivity index (χ0n) is 75.2. The first-order chi connectivity index (χ1) is 62.8. The lowest BCUT2D eigenvalue weighted by molar-refractivity contribution is -0.152. The molecule has 6 aromatic rings. The van der Waals surface area contributed by atoms with Gasteiger partial charge in [0.2, 0.25) is 83.2 Å². The minimum atomic E-state index is -2.01. The zero-order valence-corrected chi connectivity index (χ0v) is 76.0. The van der Waals surface area contributed by atoms with Gasteiger partial charge in [0, 0.05) is 95.7 Å². The molecule has 716 valence electrons. The molecule has 132 heavy (non-hydrogen) atoms. The minimum absolute atomic E-state index is 0.0123. The van der Waals surface area contributed by atoms with Crippen LogP contribution in [0.2, 0.25) is 0 Å². The number of rotatable bonds is 51. The normalized spacial score (nSPS) is 17.0. The molecule has 19 N–H and O–H groups in total. The molecule has 3 heterocycles. The fourth-order valence-corrected chi connectivity index (χ4v) is 16.8. The van der Waals surface area contributed by atoms with Gasteiger partial charge in [-0.1, -0.05) is 145 Å². The third kappa shape index (κ3) is 30.5. The molecule has 0 bridgehead atoms. The second kappa shape index (κ2) is 50.8. The Morgan fingerprint density at radius 1 is 0.591 bits per heavy atom. The summed E-state index contributed by atoms with van der Waals surface area (Å²) in [6, 6.07) is 15.0. The number of phenolic OH excluding ortho intramolecular Hbond substituents is 1. The Labute approximate surface area is 768 Å². The van der Waals surface area contributed by atoms with E-state index in [1.54, 1.807) is 108 Å². The van der Waals surface area contributed by atoms with Crippen molar-refractivity contribution < 1.29 is 106 Å². The number of carboxylic acids is 1. The molecule has 2 aliphatic rings. The van der Waals surface area contributed by atoms with Crippen molar-refractivity contribution in [2.75, 3.05) is 65.4 Å². The number of carbonyl (C=O) groups is 15. The number of hydrogen-bond donors (Lipinski definition) is 17. The highest BCUT2D eigenvalue weighted by molar-refractivity contribution is 8.00.